The fourth-order valence-electron chi connectivity index (χ4n) is 1.85. The van der Waals surface area contributed by atoms with E-state index in [4.69, 9.17) is 5.73 Å². The van der Waals surface area contributed by atoms with Crippen LogP contribution in [-0.4, -0.2) is 6.04 Å². The van der Waals surface area contributed by atoms with Gasteiger partial charge in [0.1, 0.15) is 0 Å². The maximum absolute atomic E-state index is 5.88. The molecule has 1 atom stereocenters. The fourth-order valence-corrected chi connectivity index (χ4v) is 1.85. The monoisotopic (exact) mass is 135 g/mol. The second-order valence-corrected chi connectivity index (χ2v) is 3.11. The Bertz CT molecular complexity index is 201. The Morgan fingerprint density at radius 1 is 1.30 bits per heavy atom. The van der Waals surface area contributed by atoms with Crippen molar-refractivity contribution in [1.29, 1.82) is 0 Å². The predicted octanol–water partition coefficient (Wildman–Crippen LogP) is 1.75. The summed E-state index contributed by atoms with van der Waals surface area (Å²) < 4.78 is 0. The molecular formula is C9H13N. The van der Waals surface area contributed by atoms with Crippen LogP contribution in [0.3, 0.4) is 0 Å². The van der Waals surface area contributed by atoms with Crippen LogP contribution in [0.5, 0.6) is 0 Å². The summed E-state index contributed by atoms with van der Waals surface area (Å²) in [5.74, 6) is 0. The van der Waals surface area contributed by atoms with Gasteiger partial charge < -0.3 is 5.73 Å². The molecule has 10 heavy (non-hydrogen) atoms. The van der Waals surface area contributed by atoms with Crippen LogP contribution in [0.25, 0.3) is 0 Å². The van der Waals surface area contributed by atoms with Crippen molar-refractivity contribution in [1.82, 2.24) is 0 Å². The van der Waals surface area contributed by atoms with Crippen LogP contribution in [0.15, 0.2) is 23.3 Å². The molecule has 1 heteroatoms. The third-order valence-corrected chi connectivity index (χ3v) is 2.42. The van der Waals surface area contributed by atoms with Gasteiger partial charge in [0.2, 0.25) is 0 Å². The maximum atomic E-state index is 5.88. The summed E-state index contributed by atoms with van der Waals surface area (Å²) >= 11 is 0. The Hall–Kier alpha value is -0.560. The minimum Gasteiger partial charge on any atom is -0.324 e. The highest BCUT2D eigenvalue weighted by Crippen LogP contribution is 2.32. The summed E-state index contributed by atoms with van der Waals surface area (Å²) in [5.41, 5.74) is 8.84. The standard InChI is InChI=1S/C9H13N/c10-9-6-5-7-3-1-2-4-8(7)9/h3-4,9H,1-2,5-6,10H2/t9-/m0/s1. The highest BCUT2D eigenvalue weighted by molar-refractivity contribution is 5.41. The molecule has 1 saturated carbocycles. The summed E-state index contributed by atoms with van der Waals surface area (Å²) in [6.07, 6.45) is 9.47. The zero-order chi connectivity index (χ0) is 6.97. The molecule has 0 aromatic carbocycles. The molecule has 2 N–H and O–H groups in total. The molecule has 54 valence electrons. The van der Waals surface area contributed by atoms with Gasteiger partial charge in [-0.15, -0.1) is 0 Å². The zero-order valence-corrected chi connectivity index (χ0v) is 6.14. The van der Waals surface area contributed by atoms with Crippen molar-refractivity contribution in [3.63, 3.8) is 0 Å². The molecule has 2 rings (SSSR count). The molecule has 0 aromatic heterocycles. The molecule has 0 amide bonds. The first-order valence-electron chi connectivity index (χ1n) is 4.03. The molecule has 0 saturated heterocycles. The number of hydrogen-bond acceptors (Lipinski definition) is 1. The second kappa shape index (κ2) is 2.24. The zero-order valence-electron chi connectivity index (χ0n) is 6.14. The van der Waals surface area contributed by atoms with E-state index in [0.29, 0.717) is 6.04 Å². The van der Waals surface area contributed by atoms with Gasteiger partial charge in [0.25, 0.3) is 0 Å². The first-order valence-corrected chi connectivity index (χ1v) is 4.03. The van der Waals surface area contributed by atoms with Gasteiger partial charge in [-0.3, -0.25) is 0 Å². The Kier molecular flexibility index (Phi) is 1.38. The van der Waals surface area contributed by atoms with E-state index in [1.54, 1.807) is 0 Å². The second-order valence-electron chi connectivity index (χ2n) is 3.11. The molecule has 1 fully saturated rings. The Morgan fingerprint density at radius 2 is 2.10 bits per heavy atom. The largest absolute Gasteiger partial charge is 0.324 e. The average molecular weight is 135 g/mol. The van der Waals surface area contributed by atoms with Crippen LogP contribution < -0.4 is 5.73 Å². The summed E-state index contributed by atoms with van der Waals surface area (Å²) in [7, 11) is 0. The van der Waals surface area contributed by atoms with Gasteiger partial charge in [-0.05, 0) is 36.8 Å². The number of hydrogen-bond donors (Lipinski definition) is 1. The summed E-state index contributed by atoms with van der Waals surface area (Å²) in [6.45, 7) is 0. The van der Waals surface area contributed by atoms with Crippen LogP contribution in [-0.2, 0) is 0 Å². The van der Waals surface area contributed by atoms with E-state index in [0.717, 1.165) is 6.42 Å². The van der Waals surface area contributed by atoms with E-state index >= 15 is 0 Å². The molecule has 0 unspecified atom stereocenters. The van der Waals surface area contributed by atoms with Crippen molar-refractivity contribution in [2.75, 3.05) is 0 Å². The van der Waals surface area contributed by atoms with Gasteiger partial charge in [0, 0.05) is 6.04 Å². The van der Waals surface area contributed by atoms with Crippen LogP contribution in [0.2, 0.25) is 0 Å². The van der Waals surface area contributed by atoms with E-state index in [1.807, 2.05) is 0 Å². The Balaban J connectivity index is 2.31. The van der Waals surface area contributed by atoms with E-state index < -0.39 is 0 Å². The average Bonchev–Trinajstić information content (AvgIpc) is 2.34. The van der Waals surface area contributed by atoms with Crippen molar-refractivity contribution in [2.45, 2.75) is 31.7 Å². The normalized spacial score (nSPS) is 31.1. The molecule has 2 aliphatic rings. The van der Waals surface area contributed by atoms with Crippen molar-refractivity contribution in [2.24, 2.45) is 5.73 Å². The lowest BCUT2D eigenvalue weighted by atomic mass is 9.99. The van der Waals surface area contributed by atoms with Crippen LogP contribution >= 0.6 is 0 Å². The minimum atomic E-state index is 0.353. The van der Waals surface area contributed by atoms with Crippen molar-refractivity contribution < 1.29 is 0 Å². The molecule has 0 spiro atoms. The SMILES string of the molecule is N[C@H]1CCC2=CCCC=C21. The lowest BCUT2D eigenvalue weighted by Gasteiger charge is -2.10. The van der Waals surface area contributed by atoms with Gasteiger partial charge in [0.15, 0.2) is 0 Å². The number of allylic oxidation sites excluding steroid dienone is 2. The molecule has 0 radical (unpaired) electrons. The van der Waals surface area contributed by atoms with Crippen LogP contribution in [0.1, 0.15) is 25.7 Å². The molecular weight excluding hydrogens is 122 g/mol. The van der Waals surface area contributed by atoms with E-state index in [9.17, 15) is 0 Å². The third-order valence-electron chi connectivity index (χ3n) is 2.42. The summed E-state index contributed by atoms with van der Waals surface area (Å²) in [4.78, 5) is 0. The summed E-state index contributed by atoms with van der Waals surface area (Å²) in [5, 5.41) is 0. The van der Waals surface area contributed by atoms with Crippen LogP contribution in [0.4, 0.5) is 0 Å². The van der Waals surface area contributed by atoms with Gasteiger partial charge in [-0.1, -0.05) is 12.2 Å². The molecule has 0 heterocycles. The molecule has 1 nitrogen and oxygen atoms in total. The first kappa shape index (κ1) is 6.17. The number of nitrogens with two attached hydrogens (primary N) is 1. The van der Waals surface area contributed by atoms with Gasteiger partial charge >= 0.3 is 0 Å². The first-order chi connectivity index (χ1) is 4.88. The lowest BCUT2D eigenvalue weighted by molar-refractivity contribution is 0.776. The fraction of sp³-hybridized carbons (Fsp3) is 0.556. The molecule has 0 bridgehead atoms. The molecule has 0 aliphatic heterocycles. The third kappa shape index (κ3) is 0.816. The number of rotatable bonds is 0. The Morgan fingerprint density at radius 3 is 2.90 bits per heavy atom. The van der Waals surface area contributed by atoms with Crippen molar-refractivity contribution in [3.8, 4) is 0 Å². The van der Waals surface area contributed by atoms with E-state index in [2.05, 4.69) is 12.2 Å². The lowest BCUT2D eigenvalue weighted by Crippen LogP contribution is -2.17. The van der Waals surface area contributed by atoms with Gasteiger partial charge in [-0.2, -0.15) is 0 Å². The minimum absolute atomic E-state index is 0.353. The maximum Gasteiger partial charge on any atom is 0.0297 e. The van der Waals surface area contributed by atoms with E-state index in [-0.39, 0.29) is 0 Å². The smallest absolute Gasteiger partial charge is 0.0297 e. The Labute approximate surface area is 61.6 Å². The predicted molar refractivity (Wildman–Crippen MR) is 42.6 cm³/mol. The highest BCUT2D eigenvalue weighted by atomic mass is 14.7. The molecule has 0 aromatic rings. The van der Waals surface area contributed by atoms with Crippen molar-refractivity contribution >= 4 is 0 Å². The highest BCUT2D eigenvalue weighted by Gasteiger charge is 2.22. The van der Waals surface area contributed by atoms with Gasteiger partial charge in [0.05, 0.1) is 0 Å². The summed E-state index contributed by atoms with van der Waals surface area (Å²) in [6, 6.07) is 0.353. The quantitative estimate of drug-likeness (QED) is 0.538. The van der Waals surface area contributed by atoms with E-state index in [1.165, 1.54) is 30.4 Å². The topological polar surface area (TPSA) is 26.0 Å². The number of fused-ring (bicyclic) bond motifs is 1. The van der Waals surface area contributed by atoms with Crippen LogP contribution in [0, 0.1) is 0 Å². The van der Waals surface area contributed by atoms with Crippen molar-refractivity contribution in [3.05, 3.63) is 23.3 Å². The van der Waals surface area contributed by atoms with Gasteiger partial charge in [-0.25, -0.2) is 0 Å². The molecule has 2 aliphatic carbocycles.